The number of H-pyrrole nitrogens is 1. The quantitative estimate of drug-likeness (QED) is 0.750. The second-order valence-corrected chi connectivity index (χ2v) is 4.60. The van der Waals surface area contributed by atoms with Gasteiger partial charge in [-0.3, -0.25) is 0 Å². The van der Waals surface area contributed by atoms with Crippen molar-refractivity contribution in [3.63, 3.8) is 0 Å². The largest absolute Gasteiger partial charge is 0.361 e. The maximum absolute atomic E-state index is 4.37. The number of hydrogen-bond donors (Lipinski definition) is 2. The van der Waals surface area contributed by atoms with Gasteiger partial charge in [0.05, 0.1) is 5.69 Å². The number of aromatic amines is 1. The molecule has 2 aromatic heterocycles. The van der Waals surface area contributed by atoms with E-state index in [2.05, 4.69) is 44.5 Å². The van der Waals surface area contributed by atoms with Crippen LogP contribution in [0.5, 0.6) is 0 Å². The lowest BCUT2D eigenvalue weighted by Gasteiger charge is -2.05. The molecule has 0 unspecified atom stereocenters. The predicted octanol–water partition coefficient (Wildman–Crippen LogP) is 2.56. The van der Waals surface area contributed by atoms with Crippen molar-refractivity contribution in [2.75, 3.05) is 0 Å². The van der Waals surface area contributed by atoms with E-state index in [-0.39, 0.29) is 0 Å². The molecule has 4 heteroatoms. The lowest BCUT2D eigenvalue weighted by atomic mass is 10.1. The van der Waals surface area contributed by atoms with Crippen LogP contribution in [0.15, 0.2) is 42.7 Å². The van der Waals surface area contributed by atoms with Gasteiger partial charge in [-0.2, -0.15) is 0 Å². The first-order valence-corrected chi connectivity index (χ1v) is 6.36. The van der Waals surface area contributed by atoms with Gasteiger partial charge < -0.3 is 10.3 Å². The van der Waals surface area contributed by atoms with Crippen molar-refractivity contribution in [3.05, 3.63) is 59.8 Å². The van der Waals surface area contributed by atoms with E-state index in [0.717, 1.165) is 24.6 Å². The summed E-state index contributed by atoms with van der Waals surface area (Å²) in [7, 11) is 0. The van der Waals surface area contributed by atoms with Gasteiger partial charge in [0.15, 0.2) is 0 Å². The summed E-state index contributed by atoms with van der Waals surface area (Å²) >= 11 is 0. The molecule has 0 aliphatic heterocycles. The summed E-state index contributed by atoms with van der Waals surface area (Å²) in [6.07, 6.45) is 3.76. The van der Waals surface area contributed by atoms with Gasteiger partial charge in [-0.05, 0) is 36.1 Å². The number of aryl methyl sites for hydroxylation is 1. The van der Waals surface area contributed by atoms with Crippen molar-refractivity contribution >= 4 is 10.9 Å². The van der Waals surface area contributed by atoms with Gasteiger partial charge >= 0.3 is 0 Å². The molecule has 0 fully saturated rings. The maximum Gasteiger partial charge on any atom is 0.125 e. The SMILES string of the molecule is Cc1nccc(CNCc2ccc3cc[nH]c3c2)n1. The van der Waals surface area contributed by atoms with Crippen molar-refractivity contribution in [3.8, 4) is 0 Å². The van der Waals surface area contributed by atoms with Crippen molar-refractivity contribution in [1.82, 2.24) is 20.3 Å². The van der Waals surface area contributed by atoms with E-state index in [4.69, 9.17) is 0 Å². The van der Waals surface area contributed by atoms with Crippen LogP contribution in [0.3, 0.4) is 0 Å². The third kappa shape index (κ3) is 2.80. The van der Waals surface area contributed by atoms with Crippen LogP contribution in [-0.4, -0.2) is 15.0 Å². The van der Waals surface area contributed by atoms with Crippen LogP contribution in [0.1, 0.15) is 17.1 Å². The first-order valence-electron chi connectivity index (χ1n) is 6.36. The molecule has 0 saturated carbocycles. The first-order chi connectivity index (χ1) is 9.31. The minimum absolute atomic E-state index is 0.756. The molecule has 0 aliphatic rings. The standard InChI is InChI=1S/C15H16N4/c1-11-17-7-5-14(19-11)10-16-9-12-2-3-13-4-6-18-15(13)8-12/h2-8,16,18H,9-10H2,1H3. The Morgan fingerprint density at radius 3 is 3.00 bits per heavy atom. The van der Waals surface area contributed by atoms with Crippen LogP contribution in [0.4, 0.5) is 0 Å². The van der Waals surface area contributed by atoms with Gasteiger partial charge in [-0.25, -0.2) is 9.97 Å². The Morgan fingerprint density at radius 1 is 1.16 bits per heavy atom. The molecule has 0 saturated heterocycles. The van der Waals surface area contributed by atoms with Crippen LogP contribution in [-0.2, 0) is 13.1 Å². The van der Waals surface area contributed by atoms with Crippen LogP contribution in [0, 0.1) is 6.92 Å². The highest BCUT2D eigenvalue weighted by Crippen LogP contribution is 2.13. The third-order valence-electron chi connectivity index (χ3n) is 3.09. The zero-order valence-corrected chi connectivity index (χ0v) is 10.9. The van der Waals surface area contributed by atoms with Crippen molar-refractivity contribution in [2.24, 2.45) is 0 Å². The fraction of sp³-hybridized carbons (Fsp3) is 0.200. The van der Waals surface area contributed by atoms with E-state index in [1.54, 1.807) is 6.20 Å². The lowest BCUT2D eigenvalue weighted by Crippen LogP contribution is -2.14. The van der Waals surface area contributed by atoms with Gasteiger partial charge in [-0.15, -0.1) is 0 Å². The van der Waals surface area contributed by atoms with E-state index in [1.165, 1.54) is 16.5 Å². The molecule has 1 aromatic carbocycles. The molecule has 4 nitrogen and oxygen atoms in total. The molecule has 3 aromatic rings. The number of fused-ring (bicyclic) bond motifs is 1. The highest BCUT2D eigenvalue weighted by atomic mass is 14.9. The Labute approximate surface area is 111 Å². The average Bonchev–Trinajstić information content (AvgIpc) is 2.86. The molecule has 0 radical (unpaired) electrons. The summed E-state index contributed by atoms with van der Waals surface area (Å²) in [5.74, 6) is 0.812. The second kappa shape index (κ2) is 5.20. The van der Waals surface area contributed by atoms with E-state index in [0.29, 0.717) is 0 Å². The van der Waals surface area contributed by atoms with Crippen LogP contribution in [0.2, 0.25) is 0 Å². The van der Waals surface area contributed by atoms with Gasteiger partial charge in [0.2, 0.25) is 0 Å². The fourth-order valence-corrected chi connectivity index (χ4v) is 2.14. The highest BCUT2D eigenvalue weighted by Gasteiger charge is 1.99. The zero-order valence-electron chi connectivity index (χ0n) is 10.9. The predicted molar refractivity (Wildman–Crippen MR) is 75.6 cm³/mol. The molecule has 3 rings (SSSR count). The lowest BCUT2D eigenvalue weighted by molar-refractivity contribution is 0.675. The summed E-state index contributed by atoms with van der Waals surface area (Å²) in [5.41, 5.74) is 3.46. The molecule has 2 heterocycles. The van der Waals surface area contributed by atoms with E-state index >= 15 is 0 Å². The molecular weight excluding hydrogens is 236 g/mol. The summed E-state index contributed by atoms with van der Waals surface area (Å²) in [6, 6.07) is 10.5. The molecule has 0 amide bonds. The van der Waals surface area contributed by atoms with Crippen LogP contribution < -0.4 is 5.32 Å². The minimum atomic E-state index is 0.756. The topological polar surface area (TPSA) is 53.6 Å². The molecule has 2 N–H and O–H groups in total. The molecule has 96 valence electrons. The van der Waals surface area contributed by atoms with Crippen molar-refractivity contribution in [1.29, 1.82) is 0 Å². The van der Waals surface area contributed by atoms with Gasteiger partial charge in [0.1, 0.15) is 5.82 Å². The fourth-order valence-electron chi connectivity index (χ4n) is 2.14. The first kappa shape index (κ1) is 11.9. The Kier molecular flexibility index (Phi) is 3.25. The van der Waals surface area contributed by atoms with E-state index < -0.39 is 0 Å². The molecular formula is C15H16N4. The van der Waals surface area contributed by atoms with Gasteiger partial charge in [-0.1, -0.05) is 12.1 Å². The Hall–Kier alpha value is -2.20. The minimum Gasteiger partial charge on any atom is -0.361 e. The average molecular weight is 252 g/mol. The zero-order chi connectivity index (χ0) is 13.1. The molecule has 19 heavy (non-hydrogen) atoms. The number of nitrogens with zero attached hydrogens (tertiary/aromatic N) is 2. The molecule has 0 atom stereocenters. The number of nitrogens with one attached hydrogen (secondary N) is 2. The molecule has 0 spiro atoms. The Bertz CT molecular complexity index is 687. The monoisotopic (exact) mass is 252 g/mol. The molecule has 0 aliphatic carbocycles. The van der Waals surface area contributed by atoms with Gasteiger partial charge in [0, 0.05) is 31.0 Å². The van der Waals surface area contributed by atoms with Crippen molar-refractivity contribution < 1.29 is 0 Å². The third-order valence-corrected chi connectivity index (χ3v) is 3.09. The number of hydrogen-bond acceptors (Lipinski definition) is 3. The number of aromatic nitrogens is 3. The Balaban J connectivity index is 1.62. The Morgan fingerprint density at radius 2 is 2.11 bits per heavy atom. The summed E-state index contributed by atoms with van der Waals surface area (Å²) in [4.78, 5) is 11.7. The van der Waals surface area contributed by atoms with Crippen LogP contribution in [0.25, 0.3) is 10.9 Å². The van der Waals surface area contributed by atoms with E-state index in [9.17, 15) is 0 Å². The summed E-state index contributed by atoms with van der Waals surface area (Å²) < 4.78 is 0. The van der Waals surface area contributed by atoms with Crippen LogP contribution >= 0.6 is 0 Å². The van der Waals surface area contributed by atoms with E-state index in [1.807, 2.05) is 19.2 Å². The normalized spacial score (nSPS) is 11.0. The van der Waals surface area contributed by atoms with Crippen molar-refractivity contribution in [2.45, 2.75) is 20.0 Å². The molecule has 0 bridgehead atoms. The number of rotatable bonds is 4. The highest BCUT2D eigenvalue weighted by molar-refractivity contribution is 5.79. The second-order valence-electron chi connectivity index (χ2n) is 4.60. The summed E-state index contributed by atoms with van der Waals surface area (Å²) in [6.45, 7) is 3.49. The smallest absolute Gasteiger partial charge is 0.125 e. The summed E-state index contributed by atoms with van der Waals surface area (Å²) in [5, 5.41) is 4.64. The maximum atomic E-state index is 4.37. The number of benzene rings is 1. The van der Waals surface area contributed by atoms with Gasteiger partial charge in [0.25, 0.3) is 0 Å².